The van der Waals surface area contributed by atoms with Crippen molar-refractivity contribution >= 4 is 29.2 Å². The number of hydrogen-bond acceptors (Lipinski definition) is 1. The lowest BCUT2D eigenvalue weighted by atomic mass is 10.1. The first kappa shape index (κ1) is 15.2. The molecule has 0 unspecified atom stereocenters. The van der Waals surface area contributed by atoms with E-state index < -0.39 is 0 Å². The fourth-order valence-corrected chi connectivity index (χ4v) is 2.79. The summed E-state index contributed by atoms with van der Waals surface area (Å²) >= 11 is 12.0. The minimum absolute atomic E-state index is 0.188. The summed E-state index contributed by atoms with van der Waals surface area (Å²) in [5.41, 5.74) is 1.73. The summed E-state index contributed by atoms with van der Waals surface area (Å²) in [4.78, 5) is 12.1. The lowest BCUT2D eigenvalue weighted by molar-refractivity contribution is 0.235. The van der Waals surface area contributed by atoms with E-state index in [0.29, 0.717) is 16.6 Å². The molecular weight excluding hydrogens is 319 g/mol. The summed E-state index contributed by atoms with van der Waals surface area (Å²) in [7, 11) is 0. The van der Waals surface area contributed by atoms with Crippen LogP contribution < -0.4 is 10.6 Å². The minimum atomic E-state index is -0.255. The first-order valence-corrected chi connectivity index (χ1v) is 7.90. The van der Waals surface area contributed by atoms with Crippen molar-refractivity contribution in [1.82, 2.24) is 10.6 Å². The van der Waals surface area contributed by atoms with E-state index in [1.807, 2.05) is 48.5 Å². The van der Waals surface area contributed by atoms with E-state index in [-0.39, 0.29) is 11.6 Å². The van der Waals surface area contributed by atoms with Crippen molar-refractivity contribution in [3.8, 4) is 0 Å². The number of benzene rings is 2. The average molecular weight is 335 g/mol. The van der Waals surface area contributed by atoms with Crippen molar-refractivity contribution in [1.29, 1.82) is 0 Å². The number of amides is 2. The van der Waals surface area contributed by atoms with Crippen molar-refractivity contribution in [2.45, 2.75) is 24.9 Å². The Bertz CT molecular complexity index is 681. The summed E-state index contributed by atoms with van der Waals surface area (Å²) in [5.74, 6) is 0. The van der Waals surface area contributed by atoms with Crippen molar-refractivity contribution in [2.24, 2.45) is 0 Å². The van der Waals surface area contributed by atoms with Gasteiger partial charge in [-0.25, -0.2) is 4.79 Å². The Morgan fingerprint density at radius 1 is 1.05 bits per heavy atom. The minimum Gasteiger partial charge on any atom is -0.334 e. The van der Waals surface area contributed by atoms with Crippen molar-refractivity contribution in [3.63, 3.8) is 0 Å². The van der Waals surface area contributed by atoms with Gasteiger partial charge in [-0.1, -0.05) is 53.5 Å². The Morgan fingerprint density at radius 2 is 1.73 bits per heavy atom. The van der Waals surface area contributed by atoms with Crippen LogP contribution in [0.5, 0.6) is 0 Å². The molecule has 2 aromatic carbocycles. The zero-order valence-electron chi connectivity index (χ0n) is 11.9. The summed E-state index contributed by atoms with van der Waals surface area (Å²) < 4.78 is 0. The Labute approximate surface area is 139 Å². The second-order valence-corrected chi connectivity index (χ2v) is 6.33. The lowest BCUT2D eigenvalue weighted by Crippen LogP contribution is -2.41. The van der Waals surface area contributed by atoms with Crippen LogP contribution in [0.2, 0.25) is 10.0 Å². The van der Waals surface area contributed by atoms with Crippen LogP contribution in [0, 0.1) is 0 Å². The van der Waals surface area contributed by atoms with Crippen LogP contribution >= 0.6 is 23.2 Å². The smallest absolute Gasteiger partial charge is 0.315 e. The SMILES string of the molecule is O=C(NCc1ccccc1Cl)NC1(c2ccc(Cl)cc2)CC1. The van der Waals surface area contributed by atoms with E-state index in [0.717, 1.165) is 24.0 Å². The van der Waals surface area contributed by atoms with Gasteiger partial charge in [0.2, 0.25) is 0 Å². The molecule has 0 aromatic heterocycles. The monoisotopic (exact) mass is 334 g/mol. The highest BCUT2D eigenvalue weighted by Crippen LogP contribution is 2.45. The summed E-state index contributed by atoms with van der Waals surface area (Å²) in [6.45, 7) is 0.405. The summed E-state index contributed by atoms with van der Waals surface area (Å²) in [5, 5.41) is 7.26. The maximum Gasteiger partial charge on any atom is 0.315 e. The summed E-state index contributed by atoms with van der Waals surface area (Å²) in [6.07, 6.45) is 1.88. The average Bonchev–Trinajstić information content (AvgIpc) is 3.28. The van der Waals surface area contributed by atoms with Gasteiger partial charge in [0.1, 0.15) is 0 Å². The topological polar surface area (TPSA) is 41.1 Å². The standard InChI is InChI=1S/C17H16Cl2N2O/c18-14-7-5-13(6-8-14)17(9-10-17)21-16(22)20-11-12-3-1-2-4-15(12)19/h1-8H,9-11H2,(H2,20,21,22). The van der Waals surface area contributed by atoms with Gasteiger partial charge in [0, 0.05) is 16.6 Å². The highest BCUT2D eigenvalue weighted by Gasteiger charge is 2.45. The Balaban J connectivity index is 1.60. The van der Waals surface area contributed by atoms with Gasteiger partial charge in [-0.15, -0.1) is 0 Å². The summed E-state index contributed by atoms with van der Waals surface area (Å²) in [6, 6.07) is 14.9. The molecule has 0 spiro atoms. The van der Waals surface area contributed by atoms with E-state index >= 15 is 0 Å². The third-order valence-electron chi connectivity index (χ3n) is 3.90. The fourth-order valence-electron chi connectivity index (χ4n) is 2.46. The van der Waals surface area contributed by atoms with Crippen molar-refractivity contribution < 1.29 is 4.79 Å². The first-order valence-electron chi connectivity index (χ1n) is 7.15. The normalized spacial score (nSPS) is 15.2. The van der Waals surface area contributed by atoms with Crippen molar-refractivity contribution in [3.05, 3.63) is 69.7 Å². The van der Waals surface area contributed by atoms with Crippen LogP contribution in [0.15, 0.2) is 48.5 Å². The molecule has 0 saturated heterocycles. The zero-order valence-corrected chi connectivity index (χ0v) is 13.4. The molecule has 2 amide bonds. The number of hydrogen-bond donors (Lipinski definition) is 2. The molecule has 2 N–H and O–H groups in total. The number of carbonyl (C=O) groups is 1. The van der Waals surface area contributed by atoms with Gasteiger partial charge in [0.25, 0.3) is 0 Å². The molecule has 0 bridgehead atoms. The second kappa shape index (κ2) is 6.19. The van der Waals surface area contributed by atoms with E-state index in [1.54, 1.807) is 0 Å². The van der Waals surface area contributed by atoms with Gasteiger partial charge in [-0.05, 0) is 42.2 Å². The molecule has 1 aliphatic carbocycles. The molecule has 0 radical (unpaired) electrons. The van der Waals surface area contributed by atoms with Crippen LogP contribution in [0.4, 0.5) is 4.79 Å². The number of urea groups is 1. The van der Waals surface area contributed by atoms with E-state index in [9.17, 15) is 4.79 Å². The second-order valence-electron chi connectivity index (χ2n) is 5.49. The Hall–Kier alpha value is -1.71. The Kier molecular flexibility index (Phi) is 4.27. The molecule has 0 aliphatic heterocycles. The number of nitrogens with one attached hydrogen (secondary N) is 2. The van der Waals surface area contributed by atoms with Gasteiger partial charge in [-0.3, -0.25) is 0 Å². The van der Waals surface area contributed by atoms with E-state index in [1.165, 1.54) is 0 Å². The molecule has 0 atom stereocenters. The number of carbonyl (C=O) groups excluding carboxylic acids is 1. The predicted octanol–water partition coefficient (Wildman–Crippen LogP) is 4.48. The van der Waals surface area contributed by atoms with Gasteiger partial charge in [0.15, 0.2) is 0 Å². The van der Waals surface area contributed by atoms with Crippen LogP contribution in [0.1, 0.15) is 24.0 Å². The maximum atomic E-state index is 12.1. The molecule has 114 valence electrons. The fraction of sp³-hybridized carbons (Fsp3) is 0.235. The molecule has 1 saturated carbocycles. The van der Waals surface area contributed by atoms with Crippen LogP contribution in [0.25, 0.3) is 0 Å². The highest BCUT2D eigenvalue weighted by atomic mass is 35.5. The number of halogens is 2. The molecule has 3 nitrogen and oxygen atoms in total. The molecule has 5 heteroatoms. The molecule has 1 fully saturated rings. The van der Waals surface area contributed by atoms with Crippen LogP contribution in [-0.2, 0) is 12.1 Å². The van der Waals surface area contributed by atoms with Gasteiger partial charge >= 0.3 is 6.03 Å². The molecule has 3 rings (SSSR count). The molecule has 2 aromatic rings. The van der Waals surface area contributed by atoms with Crippen LogP contribution in [0.3, 0.4) is 0 Å². The molecular formula is C17H16Cl2N2O. The lowest BCUT2D eigenvalue weighted by Gasteiger charge is -2.18. The third kappa shape index (κ3) is 3.37. The number of rotatable bonds is 4. The largest absolute Gasteiger partial charge is 0.334 e. The quantitative estimate of drug-likeness (QED) is 0.850. The van der Waals surface area contributed by atoms with Gasteiger partial charge in [0.05, 0.1) is 5.54 Å². The maximum absolute atomic E-state index is 12.1. The highest BCUT2D eigenvalue weighted by molar-refractivity contribution is 6.31. The van der Waals surface area contributed by atoms with Gasteiger partial charge < -0.3 is 10.6 Å². The third-order valence-corrected chi connectivity index (χ3v) is 4.52. The Morgan fingerprint density at radius 3 is 2.36 bits per heavy atom. The van der Waals surface area contributed by atoms with E-state index in [2.05, 4.69) is 10.6 Å². The zero-order chi connectivity index (χ0) is 15.6. The van der Waals surface area contributed by atoms with Crippen LogP contribution in [-0.4, -0.2) is 6.03 Å². The first-order chi connectivity index (χ1) is 10.6. The molecule has 1 aliphatic rings. The predicted molar refractivity (Wildman–Crippen MR) is 89.2 cm³/mol. The van der Waals surface area contributed by atoms with Gasteiger partial charge in [-0.2, -0.15) is 0 Å². The van der Waals surface area contributed by atoms with E-state index in [4.69, 9.17) is 23.2 Å². The molecule has 0 heterocycles. The van der Waals surface area contributed by atoms with Crippen molar-refractivity contribution in [2.75, 3.05) is 0 Å². The molecule has 22 heavy (non-hydrogen) atoms.